The second kappa shape index (κ2) is 4.17. The Bertz CT molecular complexity index is 395. The van der Waals surface area contributed by atoms with Gasteiger partial charge in [0.2, 0.25) is 0 Å². The summed E-state index contributed by atoms with van der Waals surface area (Å²) in [6.45, 7) is 0.722. The predicted octanol–water partition coefficient (Wildman–Crippen LogP) is 1.56. The minimum Gasteiger partial charge on any atom is -0.368 e. The zero-order valence-corrected chi connectivity index (χ0v) is 10.8. The number of rotatable bonds is 4. The maximum absolute atomic E-state index is 11.4. The van der Waals surface area contributed by atoms with E-state index in [-0.39, 0.29) is 4.75 Å². The van der Waals surface area contributed by atoms with E-state index in [1.807, 2.05) is 6.07 Å². The average Bonchev–Trinajstić information content (AvgIpc) is 2.96. The smallest absolute Gasteiger partial charge is 0.130 e. The summed E-state index contributed by atoms with van der Waals surface area (Å²) in [5.41, 5.74) is 0. The number of hydrogen-bond donors (Lipinski definition) is 1. The van der Waals surface area contributed by atoms with Gasteiger partial charge in [0, 0.05) is 29.7 Å². The lowest BCUT2D eigenvalue weighted by molar-refractivity contribution is 0.674. The van der Waals surface area contributed by atoms with E-state index in [1.54, 1.807) is 6.26 Å². The van der Waals surface area contributed by atoms with Crippen LogP contribution in [0.5, 0.6) is 0 Å². The molecule has 1 fully saturated rings. The van der Waals surface area contributed by atoms with Gasteiger partial charge in [-0.1, -0.05) is 0 Å². The Kier molecular flexibility index (Phi) is 3.06. The molecule has 4 nitrogen and oxygen atoms in total. The molecule has 0 aromatic carbocycles. The molecule has 6 heteroatoms. The van der Waals surface area contributed by atoms with Crippen LogP contribution in [0.15, 0.2) is 17.0 Å². The SMILES string of the molecule is CS(=O)C1(CNc2cc(Br)ncn2)CC1. The first-order valence-electron chi connectivity index (χ1n) is 4.67. The molecular weight excluding hydrogens is 278 g/mol. The Morgan fingerprint density at radius 3 is 2.87 bits per heavy atom. The van der Waals surface area contributed by atoms with Crippen LogP contribution < -0.4 is 5.32 Å². The third-order valence-electron chi connectivity index (χ3n) is 2.64. The zero-order chi connectivity index (χ0) is 10.9. The van der Waals surface area contributed by atoms with E-state index >= 15 is 0 Å². The maximum Gasteiger partial charge on any atom is 0.130 e. The third-order valence-corrected chi connectivity index (χ3v) is 4.85. The fourth-order valence-electron chi connectivity index (χ4n) is 1.39. The lowest BCUT2D eigenvalue weighted by atomic mass is 10.4. The lowest BCUT2D eigenvalue weighted by Crippen LogP contribution is -2.26. The summed E-state index contributed by atoms with van der Waals surface area (Å²) in [6, 6.07) is 1.81. The molecule has 1 aromatic heterocycles. The fraction of sp³-hybridized carbons (Fsp3) is 0.556. The van der Waals surface area contributed by atoms with Crippen molar-refractivity contribution in [2.24, 2.45) is 0 Å². The Morgan fingerprint density at radius 2 is 2.33 bits per heavy atom. The Labute approximate surface area is 99.5 Å². The molecule has 15 heavy (non-hydrogen) atoms. The molecule has 0 amide bonds. The fourth-order valence-corrected chi connectivity index (χ4v) is 2.65. The molecule has 0 aliphatic heterocycles. The highest BCUT2D eigenvalue weighted by Gasteiger charge is 2.46. The van der Waals surface area contributed by atoms with Crippen molar-refractivity contribution in [3.63, 3.8) is 0 Å². The quantitative estimate of drug-likeness (QED) is 0.855. The van der Waals surface area contributed by atoms with E-state index in [1.165, 1.54) is 6.33 Å². The van der Waals surface area contributed by atoms with Gasteiger partial charge in [-0.2, -0.15) is 0 Å². The van der Waals surface area contributed by atoms with Crippen molar-refractivity contribution >= 4 is 32.5 Å². The van der Waals surface area contributed by atoms with E-state index in [4.69, 9.17) is 0 Å². The van der Waals surface area contributed by atoms with E-state index < -0.39 is 10.8 Å². The molecule has 1 aliphatic carbocycles. The van der Waals surface area contributed by atoms with Gasteiger partial charge in [0.1, 0.15) is 16.7 Å². The van der Waals surface area contributed by atoms with Crippen LogP contribution in [0, 0.1) is 0 Å². The number of anilines is 1. The van der Waals surface area contributed by atoms with Gasteiger partial charge < -0.3 is 5.32 Å². The average molecular weight is 290 g/mol. The summed E-state index contributed by atoms with van der Waals surface area (Å²) < 4.78 is 12.2. The molecule has 1 N–H and O–H groups in total. The first-order chi connectivity index (χ1) is 7.12. The summed E-state index contributed by atoms with van der Waals surface area (Å²) in [4.78, 5) is 8.02. The van der Waals surface area contributed by atoms with Gasteiger partial charge in [-0.25, -0.2) is 9.97 Å². The van der Waals surface area contributed by atoms with Crippen molar-refractivity contribution in [3.05, 3.63) is 17.0 Å². The van der Waals surface area contributed by atoms with Crippen LogP contribution in [0.1, 0.15) is 12.8 Å². The summed E-state index contributed by atoms with van der Waals surface area (Å²) in [5, 5.41) is 3.20. The maximum atomic E-state index is 11.4. The topological polar surface area (TPSA) is 54.9 Å². The second-order valence-electron chi connectivity index (χ2n) is 3.72. The van der Waals surface area contributed by atoms with Crippen LogP contribution in [0.2, 0.25) is 0 Å². The van der Waals surface area contributed by atoms with E-state index in [9.17, 15) is 4.21 Å². The van der Waals surface area contributed by atoms with Crippen LogP contribution in [-0.4, -0.2) is 31.7 Å². The van der Waals surface area contributed by atoms with E-state index in [0.29, 0.717) is 0 Å². The van der Waals surface area contributed by atoms with Crippen molar-refractivity contribution in [1.82, 2.24) is 9.97 Å². The van der Waals surface area contributed by atoms with Gasteiger partial charge in [-0.3, -0.25) is 4.21 Å². The van der Waals surface area contributed by atoms with Crippen molar-refractivity contribution in [2.45, 2.75) is 17.6 Å². The molecule has 0 radical (unpaired) electrons. The number of nitrogens with zero attached hydrogens (tertiary/aromatic N) is 2. The van der Waals surface area contributed by atoms with Crippen LogP contribution in [0.3, 0.4) is 0 Å². The molecule has 1 aromatic rings. The predicted molar refractivity (Wildman–Crippen MR) is 64.3 cm³/mol. The highest BCUT2D eigenvalue weighted by molar-refractivity contribution is 9.10. The van der Waals surface area contributed by atoms with Crippen molar-refractivity contribution in [1.29, 1.82) is 0 Å². The molecule has 0 spiro atoms. The van der Waals surface area contributed by atoms with E-state index in [2.05, 4.69) is 31.2 Å². The standard InChI is InChI=1S/C9H12BrN3OS/c1-15(14)9(2-3-9)5-11-8-4-7(10)12-6-13-8/h4,6H,2-3,5H2,1H3,(H,11,12,13). The van der Waals surface area contributed by atoms with Crippen molar-refractivity contribution in [3.8, 4) is 0 Å². The minimum absolute atomic E-state index is 0.0164. The van der Waals surface area contributed by atoms with Crippen LogP contribution in [0.4, 0.5) is 5.82 Å². The molecule has 0 bridgehead atoms. The normalized spacial score (nSPS) is 19.6. The Morgan fingerprint density at radius 1 is 1.60 bits per heavy atom. The number of nitrogens with one attached hydrogen (secondary N) is 1. The highest BCUT2D eigenvalue weighted by atomic mass is 79.9. The number of halogens is 1. The number of hydrogen-bond acceptors (Lipinski definition) is 4. The first-order valence-corrected chi connectivity index (χ1v) is 7.02. The summed E-state index contributed by atoms with van der Waals surface area (Å²) >= 11 is 3.28. The molecule has 82 valence electrons. The van der Waals surface area contributed by atoms with Gasteiger partial charge >= 0.3 is 0 Å². The van der Waals surface area contributed by atoms with Gasteiger partial charge in [0.25, 0.3) is 0 Å². The van der Waals surface area contributed by atoms with Crippen LogP contribution in [0.25, 0.3) is 0 Å². The molecule has 2 rings (SSSR count). The molecule has 1 aliphatic rings. The molecule has 1 saturated carbocycles. The summed E-state index contributed by atoms with van der Waals surface area (Å²) in [7, 11) is -0.761. The number of aromatic nitrogens is 2. The largest absolute Gasteiger partial charge is 0.368 e. The first kappa shape index (κ1) is 11.0. The van der Waals surface area contributed by atoms with Crippen LogP contribution in [-0.2, 0) is 10.8 Å². The molecule has 1 heterocycles. The second-order valence-corrected chi connectivity index (χ2v) is 6.30. The summed E-state index contributed by atoms with van der Waals surface area (Å²) in [6.07, 6.45) is 5.34. The van der Waals surface area contributed by atoms with Gasteiger partial charge in [0.15, 0.2) is 0 Å². The van der Waals surface area contributed by atoms with Crippen LogP contribution >= 0.6 is 15.9 Å². The lowest BCUT2D eigenvalue weighted by Gasteiger charge is -2.13. The molecule has 0 saturated heterocycles. The third kappa shape index (κ3) is 2.55. The molecule has 1 atom stereocenters. The van der Waals surface area contributed by atoms with Gasteiger partial charge in [-0.05, 0) is 28.8 Å². The van der Waals surface area contributed by atoms with Gasteiger partial charge in [-0.15, -0.1) is 0 Å². The Balaban J connectivity index is 1.96. The molecule has 1 unspecified atom stereocenters. The zero-order valence-electron chi connectivity index (χ0n) is 8.36. The minimum atomic E-state index is -0.761. The highest BCUT2D eigenvalue weighted by Crippen LogP contribution is 2.40. The van der Waals surface area contributed by atoms with Crippen molar-refractivity contribution < 1.29 is 4.21 Å². The summed E-state index contributed by atoms with van der Waals surface area (Å²) in [5.74, 6) is 0.772. The van der Waals surface area contributed by atoms with Gasteiger partial charge in [0.05, 0.1) is 4.75 Å². The van der Waals surface area contributed by atoms with E-state index in [0.717, 1.165) is 29.8 Å². The monoisotopic (exact) mass is 289 g/mol. The molecular formula is C9H12BrN3OS. The van der Waals surface area contributed by atoms with Crippen molar-refractivity contribution in [2.75, 3.05) is 18.1 Å². The Hall–Kier alpha value is -0.490.